The highest BCUT2D eigenvalue weighted by atomic mass is 35.5. The summed E-state index contributed by atoms with van der Waals surface area (Å²) < 4.78 is 51.7. The van der Waals surface area contributed by atoms with Crippen LogP contribution in [0.1, 0.15) is 6.92 Å². The first-order chi connectivity index (χ1) is 9.68. The van der Waals surface area contributed by atoms with Crippen molar-refractivity contribution in [3.8, 4) is 0 Å². The van der Waals surface area contributed by atoms with Gasteiger partial charge in [0.25, 0.3) is 0 Å². The Labute approximate surface area is 137 Å². The minimum atomic E-state index is -3.64. The molecule has 1 saturated heterocycles. The fourth-order valence-electron chi connectivity index (χ4n) is 2.20. The molecule has 3 N–H and O–H groups in total. The predicted octanol–water partition coefficient (Wildman–Crippen LogP) is -0.0158. The van der Waals surface area contributed by atoms with Gasteiger partial charge < -0.3 is 5.73 Å². The second-order valence-corrected chi connectivity index (χ2v) is 8.97. The Kier molecular flexibility index (Phi) is 5.99. The lowest BCUT2D eigenvalue weighted by Crippen LogP contribution is -2.32. The van der Waals surface area contributed by atoms with E-state index >= 15 is 0 Å². The third-order valence-corrected chi connectivity index (χ3v) is 6.95. The molecule has 1 aromatic carbocycles. The summed E-state index contributed by atoms with van der Waals surface area (Å²) in [4.78, 5) is 0.0919. The van der Waals surface area contributed by atoms with Crippen molar-refractivity contribution in [2.45, 2.75) is 22.8 Å². The Morgan fingerprint density at radius 1 is 1.09 bits per heavy atom. The summed E-state index contributed by atoms with van der Waals surface area (Å²) in [5, 5.41) is 0. The topological polar surface area (TPSA) is 110 Å². The minimum absolute atomic E-state index is 0. The van der Waals surface area contributed by atoms with Gasteiger partial charge in [0.2, 0.25) is 20.0 Å². The molecule has 7 nitrogen and oxygen atoms in total. The van der Waals surface area contributed by atoms with E-state index in [2.05, 4.69) is 4.72 Å². The van der Waals surface area contributed by atoms with E-state index in [9.17, 15) is 16.8 Å². The molecule has 2 atom stereocenters. The first-order valence-corrected chi connectivity index (χ1v) is 9.40. The molecule has 10 heteroatoms. The van der Waals surface area contributed by atoms with Crippen LogP contribution in [0.3, 0.4) is 0 Å². The predicted molar refractivity (Wildman–Crippen MR) is 85.8 cm³/mol. The summed E-state index contributed by atoms with van der Waals surface area (Å²) >= 11 is 0. The summed E-state index contributed by atoms with van der Waals surface area (Å²) in [6, 6.07) is 4.97. The third kappa shape index (κ3) is 3.61. The van der Waals surface area contributed by atoms with Crippen molar-refractivity contribution in [2.75, 3.05) is 20.1 Å². The van der Waals surface area contributed by atoms with Gasteiger partial charge in [0.05, 0.1) is 9.79 Å². The lowest BCUT2D eigenvalue weighted by atomic mass is 10.1. The number of halogens is 1. The van der Waals surface area contributed by atoms with Crippen molar-refractivity contribution >= 4 is 32.5 Å². The van der Waals surface area contributed by atoms with Gasteiger partial charge in [-0.15, -0.1) is 12.4 Å². The first kappa shape index (κ1) is 19.3. The highest BCUT2D eigenvalue weighted by Crippen LogP contribution is 2.24. The quantitative estimate of drug-likeness (QED) is 0.775. The molecule has 0 aromatic heterocycles. The lowest BCUT2D eigenvalue weighted by Gasteiger charge is -2.16. The van der Waals surface area contributed by atoms with E-state index in [1.807, 2.05) is 6.92 Å². The van der Waals surface area contributed by atoms with Crippen LogP contribution in [0.15, 0.2) is 34.1 Å². The molecule has 2 unspecified atom stereocenters. The number of nitrogens with two attached hydrogens (primary N) is 1. The maximum absolute atomic E-state index is 12.5. The van der Waals surface area contributed by atoms with Gasteiger partial charge in [-0.3, -0.25) is 0 Å². The Bertz CT molecular complexity index is 709. The monoisotopic (exact) mass is 369 g/mol. The van der Waals surface area contributed by atoms with Crippen LogP contribution in [0, 0.1) is 5.92 Å². The zero-order chi connectivity index (χ0) is 15.8. The van der Waals surface area contributed by atoms with Gasteiger partial charge in [0.15, 0.2) is 0 Å². The van der Waals surface area contributed by atoms with Crippen molar-refractivity contribution < 1.29 is 16.8 Å². The number of nitrogens with zero attached hydrogens (tertiary/aromatic N) is 1. The van der Waals surface area contributed by atoms with Crippen molar-refractivity contribution in [2.24, 2.45) is 11.7 Å². The van der Waals surface area contributed by atoms with Gasteiger partial charge in [-0.25, -0.2) is 21.6 Å². The normalized spacial score (nSPS) is 23.2. The molecule has 1 fully saturated rings. The van der Waals surface area contributed by atoms with Crippen molar-refractivity contribution in [3.63, 3.8) is 0 Å². The highest BCUT2D eigenvalue weighted by molar-refractivity contribution is 7.89. The molecule has 0 amide bonds. The zero-order valence-corrected chi connectivity index (χ0v) is 14.7. The Hall–Kier alpha value is -0.710. The van der Waals surface area contributed by atoms with E-state index in [0.717, 1.165) is 0 Å². The average Bonchev–Trinajstić information content (AvgIpc) is 2.79. The van der Waals surface area contributed by atoms with Crippen LogP contribution < -0.4 is 10.5 Å². The summed E-state index contributed by atoms with van der Waals surface area (Å²) in [5.74, 6) is 0.101. The molecule has 0 aliphatic carbocycles. The van der Waals surface area contributed by atoms with Crippen molar-refractivity contribution in [1.29, 1.82) is 0 Å². The maximum atomic E-state index is 12.5. The number of rotatable bonds is 4. The van der Waals surface area contributed by atoms with Crippen LogP contribution in [-0.4, -0.2) is 47.3 Å². The van der Waals surface area contributed by atoms with Crippen LogP contribution in [-0.2, 0) is 20.0 Å². The largest absolute Gasteiger partial charge is 0.326 e. The number of benzene rings is 1. The molecule has 22 heavy (non-hydrogen) atoms. The Morgan fingerprint density at radius 3 is 2.00 bits per heavy atom. The fourth-order valence-corrected chi connectivity index (χ4v) is 4.51. The van der Waals surface area contributed by atoms with Crippen LogP contribution >= 0.6 is 12.4 Å². The summed E-state index contributed by atoms with van der Waals surface area (Å²) in [6.45, 7) is 2.56. The zero-order valence-electron chi connectivity index (χ0n) is 12.3. The van der Waals surface area contributed by atoms with E-state index in [1.165, 1.54) is 35.6 Å². The van der Waals surface area contributed by atoms with Crippen molar-refractivity contribution in [3.05, 3.63) is 24.3 Å². The van der Waals surface area contributed by atoms with Crippen molar-refractivity contribution in [1.82, 2.24) is 9.03 Å². The van der Waals surface area contributed by atoms with Gasteiger partial charge >= 0.3 is 0 Å². The van der Waals surface area contributed by atoms with Gasteiger partial charge in [-0.1, -0.05) is 6.92 Å². The molecule has 2 rings (SSSR count). The molecule has 126 valence electrons. The van der Waals surface area contributed by atoms with Crippen LogP contribution in [0.4, 0.5) is 0 Å². The SMILES string of the molecule is CNS(=O)(=O)c1ccc(S(=O)(=O)N2CC(C)C(N)C2)cc1.Cl. The molecule has 0 radical (unpaired) electrons. The lowest BCUT2D eigenvalue weighted by molar-refractivity contribution is 0.464. The number of hydrogen-bond acceptors (Lipinski definition) is 5. The van der Waals surface area contributed by atoms with Crippen LogP contribution in [0.5, 0.6) is 0 Å². The third-order valence-electron chi connectivity index (χ3n) is 3.68. The smallest absolute Gasteiger partial charge is 0.243 e. The Balaban J connectivity index is 0.00000242. The highest BCUT2D eigenvalue weighted by Gasteiger charge is 2.35. The van der Waals surface area contributed by atoms with Gasteiger partial charge in [0.1, 0.15) is 0 Å². The number of hydrogen-bond donors (Lipinski definition) is 2. The molecule has 1 aromatic rings. The molecule has 0 saturated carbocycles. The second kappa shape index (κ2) is 6.81. The van der Waals surface area contributed by atoms with E-state index in [4.69, 9.17) is 5.73 Å². The van der Waals surface area contributed by atoms with Gasteiger partial charge in [-0.05, 0) is 37.2 Å². The Morgan fingerprint density at radius 2 is 1.59 bits per heavy atom. The molecule has 1 heterocycles. The van der Waals surface area contributed by atoms with E-state index < -0.39 is 20.0 Å². The molecular weight excluding hydrogens is 350 g/mol. The molecular formula is C12H20ClN3O4S2. The maximum Gasteiger partial charge on any atom is 0.243 e. The molecule has 1 aliphatic rings. The van der Waals surface area contributed by atoms with Crippen LogP contribution in [0.2, 0.25) is 0 Å². The minimum Gasteiger partial charge on any atom is -0.326 e. The second-order valence-electron chi connectivity index (χ2n) is 5.14. The van der Waals surface area contributed by atoms with Crippen LogP contribution in [0.25, 0.3) is 0 Å². The van der Waals surface area contributed by atoms with E-state index in [0.29, 0.717) is 6.54 Å². The first-order valence-electron chi connectivity index (χ1n) is 6.48. The summed E-state index contributed by atoms with van der Waals surface area (Å²) in [6.07, 6.45) is 0. The average molecular weight is 370 g/mol. The summed E-state index contributed by atoms with van der Waals surface area (Å²) in [7, 11) is -5.91. The standard InChI is InChI=1S/C12H19N3O4S2.ClH/c1-9-7-15(8-12(9)13)21(18,19)11-5-3-10(4-6-11)20(16,17)14-2;/h3-6,9,12,14H,7-8,13H2,1-2H3;1H. The van der Waals surface area contributed by atoms with E-state index in [-0.39, 0.29) is 40.7 Å². The molecule has 1 aliphatic heterocycles. The number of sulfonamides is 2. The summed E-state index contributed by atoms with van der Waals surface area (Å²) in [5.41, 5.74) is 5.85. The van der Waals surface area contributed by atoms with Gasteiger partial charge in [0, 0.05) is 19.1 Å². The number of nitrogens with one attached hydrogen (secondary N) is 1. The van der Waals surface area contributed by atoms with E-state index in [1.54, 1.807) is 0 Å². The molecule has 0 bridgehead atoms. The fraction of sp³-hybridized carbons (Fsp3) is 0.500. The van der Waals surface area contributed by atoms with Gasteiger partial charge in [-0.2, -0.15) is 4.31 Å². The molecule has 0 spiro atoms.